The topological polar surface area (TPSA) is 116 Å². The highest BCUT2D eigenvalue weighted by Crippen LogP contribution is 2.29. The number of amides is 1. The van der Waals surface area contributed by atoms with Crippen LogP contribution in [0.2, 0.25) is 0 Å². The number of carbonyl (C=O) groups excluding carboxylic acids is 3. The molecule has 2 aromatic rings. The number of aryl methyl sites for hydroxylation is 1. The van der Waals surface area contributed by atoms with Gasteiger partial charge in [-0.2, -0.15) is 0 Å². The molecule has 1 aromatic carbocycles. The number of H-pyrrole nitrogens is 1. The summed E-state index contributed by atoms with van der Waals surface area (Å²) in [7, 11) is 3.08. The standard InChI is InChI=1S/C22H28N2O7/c1-7-30-21(26)19-12(2)20(24-14(19)4)22(27)31-11-18(25)23-13(3)16-10-15(28-5)8-9-17(16)29-6/h8-10,13,24H,7,11H2,1-6H3,(H,23,25)/t13-/m1/s1. The Balaban J connectivity index is 2.03. The number of hydrogen-bond acceptors (Lipinski definition) is 7. The van der Waals surface area contributed by atoms with E-state index < -0.39 is 30.5 Å². The highest BCUT2D eigenvalue weighted by Gasteiger charge is 2.24. The fraction of sp³-hybridized carbons (Fsp3) is 0.409. The number of nitrogens with one attached hydrogen (secondary N) is 2. The molecule has 0 aliphatic carbocycles. The van der Waals surface area contributed by atoms with Crippen LogP contribution in [0.15, 0.2) is 18.2 Å². The van der Waals surface area contributed by atoms with Crippen LogP contribution in [0.4, 0.5) is 0 Å². The number of ether oxygens (including phenoxy) is 4. The first-order valence-corrected chi connectivity index (χ1v) is 9.78. The van der Waals surface area contributed by atoms with Gasteiger partial charge in [-0.3, -0.25) is 4.79 Å². The predicted molar refractivity (Wildman–Crippen MR) is 113 cm³/mol. The molecule has 0 fully saturated rings. The number of rotatable bonds is 9. The van der Waals surface area contributed by atoms with Gasteiger partial charge in [0.05, 0.1) is 32.4 Å². The highest BCUT2D eigenvalue weighted by molar-refractivity contribution is 5.99. The molecular weight excluding hydrogens is 404 g/mol. The van der Waals surface area contributed by atoms with Crippen molar-refractivity contribution in [2.75, 3.05) is 27.4 Å². The number of aromatic amines is 1. The van der Waals surface area contributed by atoms with E-state index in [1.165, 1.54) is 7.11 Å². The second kappa shape index (κ2) is 10.5. The number of hydrogen-bond donors (Lipinski definition) is 2. The smallest absolute Gasteiger partial charge is 0.355 e. The number of esters is 2. The Hall–Kier alpha value is -3.49. The lowest BCUT2D eigenvalue weighted by atomic mass is 10.1. The number of benzene rings is 1. The molecule has 9 nitrogen and oxygen atoms in total. The van der Waals surface area contributed by atoms with E-state index in [-0.39, 0.29) is 17.9 Å². The fourth-order valence-corrected chi connectivity index (χ4v) is 3.21. The number of methoxy groups -OCH3 is 2. The van der Waals surface area contributed by atoms with Gasteiger partial charge in [0.2, 0.25) is 0 Å². The molecule has 0 aliphatic heterocycles. The molecule has 9 heteroatoms. The van der Waals surface area contributed by atoms with Gasteiger partial charge in [-0.15, -0.1) is 0 Å². The Morgan fingerprint density at radius 2 is 1.77 bits per heavy atom. The molecule has 0 saturated heterocycles. The van der Waals surface area contributed by atoms with Gasteiger partial charge >= 0.3 is 11.9 Å². The lowest BCUT2D eigenvalue weighted by Crippen LogP contribution is -2.31. The third-order valence-corrected chi connectivity index (χ3v) is 4.74. The third-order valence-electron chi connectivity index (χ3n) is 4.74. The Kier molecular flexibility index (Phi) is 8.07. The largest absolute Gasteiger partial charge is 0.497 e. The monoisotopic (exact) mass is 432 g/mol. The minimum absolute atomic E-state index is 0.107. The maximum atomic E-state index is 12.4. The van der Waals surface area contributed by atoms with Crippen molar-refractivity contribution in [1.29, 1.82) is 0 Å². The molecule has 31 heavy (non-hydrogen) atoms. The second-order valence-corrected chi connectivity index (χ2v) is 6.82. The van der Waals surface area contributed by atoms with E-state index in [4.69, 9.17) is 18.9 Å². The van der Waals surface area contributed by atoms with Crippen molar-refractivity contribution in [2.24, 2.45) is 0 Å². The summed E-state index contributed by atoms with van der Waals surface area (Å²) < 4.78 is 20.7. The first-order chi connectivity index (χ1) is 14.7. The summed E-state index contributed by atoms with van der Waals surface area (Å²) in [6.07, 6.45) is 0. The Morgan fingerprint density at radius 3 is 2.39 bits per heavy atom. The van der Waals surface area contributed by atoms with Crippen LogP contribution in [0.5, 0.6) is 11.5 Å². The summed E-state index contributed by atoms with van der Waals surface area (Å²) in [4.78, 5) is 39.7. The minimum Gasteiger partial charge on any atom is -0.497 e. The van der Waals surface area contributed by atoms with Gasteiger partial charge in [0.25, 0.3) is 5.91 Å². The Labute approximate surface area is 181 Å². The van der Waals surface area contributed by atoms with Crippen LogP contribution in [0.25, 0.3) is 0 Å². The summed E-state index contributed by atoms with van der Waals surface area (Å²) in [6.45, 7) is 6.49. The van der Waals surface area contributed by atoms with Gasteiger partial charge in [0.15, 0.2) is 6.61 Å². The highest BCUT2D eigenvalue weighted by atomic mass is 16.5. The van der Waals surface area contributed by atoms with E-state index in [9.17, 15) is 14.4 Å². The van der Waals surface area contributed by atoms with E-state index in [0.29, 0.717) is 22.8 Å². The van der Waals surface area contributed by atoms with E-state index in [1.807, 2.05) is 0 Å². The van der Waals surface area contributed by atoms with Gasteiger partial charge < -0.3 is 29.2 Å². The molecule has 1 heterocycles. The molecule has 168 valence electrons. The van der Waals surface area contributed by atoms with Gasteiger partial charge in [-0.1, -0.05) is 0 Å². The van der Waals surface area contributed by atoms with Crippen LogP contribution < -0.4 is 14.8 Å². The molecule has 0 unspecified atom stereocenters. The van der Waals surface area contributed by atoms with Crippen molar-refractivity contribution < 1.29 is 33.3 Å². The average molecular weight is 432 g/mol. The van der Waals surface area contributed by atoms with Gasteiger partial charge in [-0.25, -0.2) is 9.59 Å². The fourth-order valence-electron chi connectivity index (χ4n) is 3.21. The summed E-state index contributed by atoms with van der Waals surface area (Å²) in [5.74, 6) is -0.533. The zero-order chi connectivity index (χ0) is 23.1. The zero-order valence-corrected chi connectivity index (χ0v) is 18.6. The van der Waals surface area contributed by atoms with Crippen LogP contribution in [-0.4, -0.2) is 50.3 Å². The summed E-state index contributed by atoms with van der Waals surface area (Å²) >= 11 is 0. The minimum atomic E-state index is -0.738. The van der Waals surface area contributed by atoms with Crippen LogP contribution in [-0.2, 0) is 14.3 Å². The molecule has 0 radical (unpaired) electrons. The quantitative estimate of drug-likeness (QED) is 0.585. The molecule has 0 saturated carbocycles. The van der Waals surface area contributed by atoms with Crippen molar-refractivity contribution in [3.63, 3.8) is 0 Å². The van der Waals surface area contributed by atoms with Crippen molar-refractivity contribution in [1.82, 2.24) is 10.3 Å². The van der Waals surface area contributed by atoms with Crippen LogP contribution in [0, 0.1) is 13.8 Å². The first-order valence-electron chi connectivity index (χ1n) is 9.78. The maximum absolute atomic E-state index is 12.4. The van der Waals surface area contributed by atoms with Crippen molar-refractivity contribution in [2.45, 2.75) is 33.7 Å². The third kappa shape index (κ3) is 5.56. The average Bonchev–Trinajstić information content (AvgIpc) is 3.05. The molecule has 0 spiro atoms. The van der Waals surface area contributed by atoms with E-state index in [2.05, 4.69) is 10.3 Å². The molecule has 0 bridgehead atoms. The molecule has 1 amide bonds. The van der Waals surface area contributed by atoms with Crippen molar-refractivity contribution in [3.05, 3.63) is 46.3 Å². The summed E-state index contributed by atoms with van der Waals surface area (Å²) in [5, 5.41) is 2.76. The van der Waals surface area contributed by atoms with Gasteiger partial charge in [0.1, 0.15) is 17.2 Å². The van der Waals surface area contributed by atoms with Crippen molar-refractivity contribution in [3.8, 4) is 11.5 Å². The zero-order valence-electron chi connectivity index (χ0n) is 18.6. The van der Waals surface area contributed by atoms with Gasteiger partial charge in [0, 0.05) is 11.3 Å². The maximum Gasteiger partial charge on any atom is 0.355 e. The molecular formula is C22H28N2O7. The van der Waals surface area contributed by atoms with Crippen molar-refractivity contribution >= 4 is 17.8 Å². The van der Waals surface area contributed by atoms with E-state index >= 15 is 0 Å². The number of aromatic nitrogens is 1. The molecule has 1 aromatic heterocycles. The van der Waals surface area contributed by atoms with Crippen LogP contribution in [0.1, 0.15) is 57.6 Å². The molecule has 2 rings (SSSR count). The molecule has 2 N–H and O–H groups in total. The predicted octanol–water partition coefficient (Wildman–Crippen LogP) is 2.86. The second-order valence-electron chi connectivity index (χ2n) is 6.82. The van der Waals surface area contributed by atoms with E-state index in [0.717, 1.165) is 5.56 Å². The van der Waals surface area contributed by atoms with Crippen LogP contribution >= 0.6 is 0 Å². The Bertz CT molecular complexity index is 965. The first kappa shape index (κ1) is 23.8. The SMILES string of the molecule is CCOC(=O)c1c(C)[nH]c(C(=O)OCC(=O)N[C@H](C)c2cc(OC)ccc2OC)c1C. The lowest BCUT2D eigenvalue weighted by molar-refractivity contribution is -0.124. The normalized spacial score (nSPS) is 11.4. The van der Waals surface area contributed by atoms with E-state index in [1.54, 1.807) is 53.0 Å². The van der Waals surface area contributed by atoms with Gasteiger partial charge in [-0.05, 0) is 51.5 Å². The summed E-state index contributed by atoms with van der Waals surface area (Å²) in [6, 6.07) is 4.84. The molecule has 1 atom stereocenters. The Morgan fingerprint density at radius 1 is 1.06 bits per heavy atom. The summed E-state index contributed by atoms with van der Waals surface area (Å²) in [5.41, 5.74) is 2.02. The lowest BCUT2D eigenvalue weighted by Gasteiger charge is -2.18. The van der Waals surface area contributed by atoms with Crippen LogP contribution in [0.3, 0.4) is 0 Å². The number of carbonyl (C=O) groups is 3. The molecule has 0 aliphatic rings.